The minimum Gasteiger partial charge on any atom is -0.339 e. The van der Waals surface area contributed by atoms with Gasteiger partial charge >= 0.3 is 0 Å². The molecule has 1 aromatic rings. The molecule has 0 spiro atoms. The smallest absolute Gasteiger partial charge is 0.228 e. The Balaban J connectivity index is 1.49. The Morgan fingerprint density at radius 1 is 1.14 bits per heavy atom. The molecule has 2 N–H and O–H groups in total. The first-order valence-corrected chi connectivity index (χ1v) is 8.26. The van der Waals surface area contributed by atoms with Gasteiger partial charge in [-0.3, -0.25) is 0 Å². The molecule has 6 nitrogen and oxygen atoms in total. The fraction of sp³-hybridized carbons (Fsp3) is 0.867. The van der Waals surface area contributed by atoms with Crippen molar-refractivity contribution in [2.24, 2.45) is 5.73 Å². The predicted octanol–water partition coefficient (Wildman–Crippen LogP) is 0.978. The van der Waals surface area contributed by atoms with Crippen LogP contribution in [-0.4, -0.2) is 59.2 Å². The van der Waals surface area contributed by atoms with E-state index in [0.29, 0.717) is 5.82 Å². The molecule has 0 atom stereocenters. The maximum atomic E-state index is 6.36. The summed E-state index contributed by atoms with van der Waals surface area (Å²) in [4.78, 5) is 9.50. The molecular weight excluding hydrogens is 266 g/mol. The van der Waals surface area contributed by atoms with E-state index >= 15 is 0 Å². The van der Waals surface area contributed by atoms with Crippen LogP contribution in [0.3, 0.4) is 0 Å². The van der Waals surface area contributed by atoms with Crippen LogP contribution >= 0.6 is 0 Å². The van der Waals surface area contributed by atoms with Gasteiger partial charge in [0.25, 0.3) is 0 Å². The Bertz CT molecular complexity index is 447. The molecule has 2 heterocycles. The van der Waals surface area contributed by atoms with Gasteiger partial charge in [0.2, 0.25) is 5.89 Å². The Hall–Kier alpha value is -0.980. The number of piperazine rings is 1. The van der Waals surface area contributed by atoms with Crippen LogP contribution in [0.5, 0.6) is 0 Å². The van der Waals surface area contributed by atoms with Gasteiger partial charge in [-0.1, -0.05) is 24.9 Å². The van der Waals surface area contributed by atoms with Crippen molar-refractivity contribution in [3.05, 3.63) is 11.7 Å². The standard InChI is InChI=1S/C15H27N5O/c1-2-19-9-11-20(12-10-19)8-5-13-17-14(18-21-13)15(16)6-3-4-7-15/h2-12,16H2,1H3. The number of hydrogen-bond acceptors (Lipinski definition) is 6. The van der Waals surface area contributed by atoms with Crippen molar-refractivity contribution in [3.8, 4) is 0 Å². The third-order valence-corrected chi connectivity index (χ3v) is 4.96. The summed E-state index contributed by atoms with van der Waals surface area (Å²) in [6.07, 6.45) is 5.12. The maximum absolute atomic E-state index is 6.36. The number of rotatable bonds is 5. The highest BCUT2D eigenvalue weighted by atomic mass is 16.5. The molecule has 0 aromatic carbocycles. The molecular formula is C15H27N5O. The highest BCUT2D eigenvalue weighted by Gasteiger charge is 2.35. The van der Waals surface area contributed by atoms with Crippen molar-refractivity contribution in [2.45, 2.75) is 44.6 Å². The monoisotopic (exact) mass is 293 g/mol. The van der Waals surface area contributed by atoms with E-state index in [-0.39, 0.29) is 5.54 Å². The van der Waals surface area contributed by atoms with Crippen molar-refractivity contribution in [2.75, 3.05) is 39.3 Å². The largest absolute Gasteiger partial charge is 0.339 e. The van der Waals surface area contributed by atoms with E-state index in [2.05, 4.69) is 26.9 Å². The second kappa shape index (κ2) is 6.42. The average molecular weight is 293 g/mol. The van der Waals surface area contributed by atoms with E-state index in [1.54, 1.807) is 0 Å². The Labute approximate surface area is 126 Å². The van der Waals surface area contributed by atoms with Crippen LogP contribution in [0.25, 0.3) is 0 Å². The van der Waals surface area contributed by atoms with Gasteiger partial charge in [-0.25, -0.2) is 0 Å². The van der Waals surface area contributed by atoms with Gasteiger partial charge in [0, 0.05) is 39.1 Å². The zero-order valence-corrected chi connectivity index (χ0v) is 13.1. The molecule has 0 unspecified atom stereocenters. The lowest BCUT2D eigenvalue weighted by Crippen LogP contribution is -2.46. The van der Waals surface area contributed by atoms with Crippen molar-refractivity contribution < 1.29 is 4.52 Å². The molecule has 1 aliphatic carbocycles. The highest BCUT2D eigenvalue weighted by molar-refractivity contribution is 5.06. The first kappa shape index (κ1) is 14.9. The van der Waals surface area contributed by atoms with E-state index in [9.17, 15) is 0 Å². The summed E-state index contributed by atoms with van der Waals surface area (Å²) in [5.41, 5.74) is 6.02. The normalized spacial score (nSPS) is 23.7. The first-order chi connectivity index (χ1) is 10.2. The van der Waals surface area contributed by atoms with Gasteiger partial charge < -0.3 is 20.1 Å². The lowest BCUT2D eigenvalue weighted by Gasteiger charge is -2.33. The van der Waals surface area contributed by atoms with Crippen molar-refractivity contribution in [3.63, 3.8) is 0 Å². The summed E-state index contributed by atoms with van der Waals surface area (Å²) in [5, 5.41) is 4.12. The van der Waals surface area contributed by atoms with Crippen LogP contribution in [0.2, 0.25) is 0 Å². The minimum atomic E-state index is -0.339. The molecule has 1 saturated heterocycles. The zero-order chi connectivity index (χ0) is 14.7. The summed E-state index contributed by atoms with van der Waals surface area (Å²) >= 11 is 0. The summed E-state index contributed by atoms with van der Waals surface area (Å²) in [7, 11) is 0. The fourth-order valence-electron chi connectivity index (χ4n) is 3.37. The second-order valence-corrected chi connectivity index (χ2v) is 6.40. The SMILES string of the molecule is CCN1CCN(CCc2nc(C3(N)CCCC3)no2)CC1. The van der Waals surface area contributed by atoms with Gasteiger partial charge in [-0.2, -0.15) is 4.98 Å². The molecule has 1 aliphatic heterocycles. The fourth-order valence-corrected chi connectivity index (χ4v) is 3.37. The van der Waals surface area contributed by atoms with Crippen LogP contribution in [0.4, 0.5) is 0 Å². The molecule has 2 fully saturated rings. The van der Waals surface area contributed by atoms with Crippen LogP contribution in [0.1, 0.15) is 44.3 Å². The van der Waals surface area contributed by atoms with E-state index in [1.165, 1.54) is 12.8 Å². The lowest BCUT2D eigenvalue weighted by atomic mass is 9.99. The Morgan fingerprint density at radius 3 is 2.48 bits per heavy atom. The lowest BCUT2D eigenvalue weighted by molar-refractivity contribution is 0.136. The molecule has 1 aromatic heterocycles. The number of aromatic nitrogens is 2. The summed E-state index contributed by atoms with van der Waals surface area (Å²) < 4.78 is 5.40. The number of nitrogens with two attached hydrogens (primary N) is 1. The number of nitrogens with zero attached hydrogens (tertiary/aromatic N) is 4. The van der Waals surface area contributed by atoms with E-state index in [4.69, 9.17) is 10.3 Å². The van der Waals surface area contributed by atoms with Gasteiger partial charge in [-0.05, 0) is 19.4 Å². The average Bonchev–Trinajstić information content (AvgIpc) is 3.15. The molecule has 3 rings (SSSR count). The van der Waals surface area contributed by atoms with Gasteiger partial charge in [0.1, 0.15) is 0 Å². The zero-order valence-electron chi connectivity index (χ0n) is 13.1. The van der Waals surface area contributed by atoms with E-state index < -0.39 is 0 Å². The molecule has 118 valence electrons. The molecule has 0 radical (unpaired) electrons. The topological polar surface area (TPSA) is 71.4 Å². The van der Waals surface area contributed by atoms with Gasteiger partial charge in [0.05, 0.1) is 5.54 Å². The number of hydrogen-bond donors (Lipinski definition) is 1. The van der Waals surface area contributed by atoms with Crippen molar-refractivity contribution in [1.82, 2.24) is 19.9 Å². The van der Waals surface area contributed by atoms with E-state index in [0.717, 1.165) is 64.4 Å². The maximum Gasteiger partial charge on any atom is 0.228 e. The second-order valence-electron chi connectivity index (χ2n) is 6.40. The van der Waals surface area contributed by atoms with Crippen LogP contribution in [0, 0.1) is 0 Å². The summed E-state index contributed by atoms with van der Waals surface area (Å²) in [6.45, 7) is 8.97. The highest BCUT2D eigenvalue weighted by Crippen LogP contribution is 2.34. The molecule has 0 amide bonds. The summed E-state index contributed by atoms with van der Waals surface area (Å²) in [6, 6.07) is 0. The Morgan fingerprint density at radius 2 is 1.81 bits per heavy atom. The Kier molecular flexibility index (Phi) is 4.57. The molecule has 2 aliphatic rings. The summed E-state index contributed by atoms with van der Waals surface area (Å²) in [5.74, 6) is 1.45. The van der Waals surface area contributed by atoms with Crippen LogP contribution in [0.15, 0.2) is 4.52 Å². The molecule has 1 saturated carbocycles. The molecule has 0 bridgehead atoms. The quantitative estimate of drug-likeness (QED) is 0.872. The van der Waals surface area contributed by atoms with Crippen LogP contribution in [-0.2, 0) is 12.0 Å². The van der Waals surface area contributed by atoms with Gasteiger partial charge in [0.15, 0.2) is 5.82 Å². The first-order valence-electron chi connectivity index (χ1n) is 8.26. The number of likely N-dealkylation sites (N-methyl/N-ethyl adjacent to an activating group) is 1. The van der Waals surface area contributed by atoms with E-state index in [1.807, 2.05) is 0 Å². The van der Waals surface area contributed by atoms with Crippen molar-refractivity contribution >= 4 is 0 Å². The molecule has 21 heavy (non-hydrogen) atoms. The third-order valence-electron chi connectivity index (χ3n) is 4.96. The third kappa shape index (κ3) is 3.44. The minimum absolute atomic E-state index is 0.339. The van der Waals surface area contributed by atoms with Crippen LogP contribution < -0.4 is 5.73 Å². The van der Waals surface area contributed by atoms with Crippen molar-refractivity contribution in [1.29, 1.82) is 0 Å². The predicted molar refractivity (Wildman–Crippen MR) is 80.9 cm³/mol. The van der Waals surface area contributed by atoms with Gasteiger partial charge in [-0.15, -0.1) is 0 Å². The molecule has 6 heteroatoms.